The first kappa shape index (κ1) is 42.0. The molecule has 2 heterocycles. The lowest BCUT2D eigenvalue weighted by atomic mass is 9.54. The van der Waals surface area contributed by atoms with Crippen LogP contribution in [0.1, 0.15) is 128 Å². The number of amides is 5. The summed E-state index contributed by atoms with van der Waals surface area (Å²) >= 11 is 0. The number of rotatable bonds is 13. The van der Waals surface area contributed by atoms with Crippen molar-refractivity contribution < 1.29 is 24.0 Å². The number of nitrogens with two attached hydrogens (primary N) is 1. The highest BCUT2D eigenvalue weighted by Gasteiger charge is 2.57. The highest BCUT2D eigenvalue weighted by Crippen LogP contribution is 2.57. The second kappa shape index (κ2) is 15.9. The number of Topliss-reactive ketones (excluding diaryl/α,β-unsaturated/α-hetero) is 1. The van der Waals surface area contributed by atoms with Crippen molar-refractivity contribution >= 4 is 29.5 Å². The third-order valence-corrected chi connectivity index (χ3v) is 13.3. The van der Waals surface area contributed by atoms with E-state index in [2.05, 4.69) is 81.6 Å². The summed E-state index contributed by atoms with van der Waals surface area (Å²) in [5, 5.41) is 12.7. The Bertz CT molecular complexity index is 1320. The van der Waals surface area contributed by atoms with E-state index >= 15 is 0 Å². The fourth-order valence-corrected chi connectivity index (χ4v) is 8.90. The third kappa shape index (κ3) is 9.68. The molecule has 52 heavy (non-hydrogen) atoms. The Kier molecular flexibility index (Phi) is 12.9. The van der Waals surface area contributed by atoms with Gasteiger partial charge in [-0.2, -0.15) is 0 Å². The van der Waals surface area contributed by atoms with Crippen molar-refractivity contribution in [2.45, 2.75) is 164 Å². The lowest BCUT2D eigenvalue weighted by molar-refractivity contribution is -0.143. The van der Waals surface area contributed by atoms with E-state index in [-0.39, 0.29) is 28.7 Å². The molecule has 6 N–H and O–H groups in total. The summed E-state index contributed by atoms with van der Waals surface area (Å²) in [7, 11) is 0. The Hall–Kier alpha value is -2.73. The van der Waals surface area contributed by atoms with E-state index in [0.29, 0.717) is 43.9 Å². The fraction of sp³-hybridized carbons (Fsp3) is 0.875. The van der Waals surface area contributed by atoms with Gasteiger partial charge in [-0.05, 0) is 73.0 Å². The smallest absolute Gasteiger partial charge is 0.315 e. The number of ketones is 1. The van der Waals surface area contributed by atoms with E-state index < -0.39 is 52.6 Å². The zero-order valence-corrected chi connectivity index (χ0v) is 34.1. The molecule has 12 nitrogen and oxygen atoms in total. The zero-order valence-electron chi connectivity index (χ0n) is 34.1. The van der Waals surface area contributed by atoms with Crippen LogP contribution in [0.5, 0.6) is 0 Å². The quantitative estimate of drug-likeness (QED) is 0.179. The van der Waals surface area contributed by atoms with E-state index in [1.165, 1.54) is 6.42 Å². The molecule has 0 bridgehead atoms. The lowest BCUT2D eigenvalue weighted by Gasteiger charge is -2.50. The number of urea groups is 1. The van der Waals surface area contributed by atoms with Crippen LogP contribution >= 0.6 is 0 Å². The molecule has 0 spiro atoms. The molecule has 2 aliphatic carbocycles. The number of hydrogen-bond acceptors (Lipinski definition) is 7. The van der Waals surface area contributed by atoms with Crippen molar-refractivity contribution in [1.82, 2.24) is 31.1 Å². The number of nitrogens with one attached hydrogen (secondary N) is 4. The third-order valence-electron chi connectivity index (χ3n) is 13.3. The molecule has 12 heteroatoms. The van der Waals surface area contributed by atoms with Gasteiger partial charge in [0.15, 0.2) is 0 Å². The Morgan fingerprint density at radius 3 is 1.88 bits per heavy atom. The summed E-state index contributed by atoms with van der Waals surface area (Å²) in [4.78, 5) is 72.2. The van der Waals surface area contributed by atoms with Gasteiger partial charge in [-0.3, -0.25) is 24.1 Å². The molecule has 3 unspecified atom stereocenters. The molecule has 7 atom stereocenters. The number of carbonyl (C=O) groups excluding carboxylic acids is 5. The SMILES string of the molecule is C[C@@H]1CN(C[C@@H](NC(=O)NC(C(=O)N2CC(C)(C(C)(C)C3CCC3)C[C@H]2C(=O)NC(CC2CCC2)C(=O)C(N)=O)C(C)(C)C)C(C)(C)C)C[C@H](C)N1. The molecule has 0 aromatic rings. The molecule has 2 aliphatic heterocycles. The van der Waals surface area contributed by atoms with E-state index in [0.717, 1.165) is 45.2 Å². The lowest BCUT2D eigenvalue weighted by Crippen LogP contribution is -2.63. The largest absolute Gasteiger partial charge is 0.363 e. The summed E-state index contributed by atoms with van der Waals surface area (Å²) in [5.41, 5.74) is 3.92. The van der Waals surface area contributed by atoms with Crippen molar-refractivity contribution in [1.29, 1.82) is 0 Å². The van der Waals surface area contributed by atoms with Crippen LogP contribution in [0.2, 0.25) is 0 Å². The van der Waals surface area contributed by atoms with Gasteiger partial charge in [-0.1, -0.05) is 88.0 Å². The van der Waals surface area contributed by atoms with E-state index in [4.69, 9.17) is 5.73 Å². The monoisotopic (exact) mass is 730 g/mol. The number of nitrogens with zero attached hydrogens (tertiary/aromatic N) is 2. The first-order valence-corrected chi connectivity index (χ1v) is 19.9. The maximum Gasteiger partial charge on any atom is 0.315 e. The highest BCUT2D eigenvalue weighted by molar-refractivity contribution is 6.37. The van der Waals surface area contributed by atoms with Crippen LogP contribution in [0.3, 0.4) is 0 Å². The summed E-state index contributed by atoms with van der Waals surface area (Å²) in [5.74, 6) is -1.96. The molecule has 0 aromatic carbocycles. The standard InChI is InChI=1S/C40H71N7O5/c1-24-20-46(21-25(2)42-24)22-30(37(3,4)5)44-36(52)45-32(38(6,7)8)35(51)47-23-40(11,39(9,10)27-16-13-17-27)19-29(47)34(50)43-28(31(48)33(41)49)18-26-14-12-15-26/h24-30,32,42H,12-23H2,1-11H3,(H2,41,49)(H,43,50)(H2,44,45,52)/t24-,25+,28?,29-,30+,32?,40?/m0/s1. The van der Waals surface area contributed by atoms with Crippen LogP contribution in [-0.2, 0) is 19.2 Å². The van der Waals surface area contributed by atoms with Crippen LogP contribution < -0.4 is 27.0 Å². The Balaban J connectivity index is 1.59. The highest BCUT2D eigenvalue weighted by atomic mass is 16.2. The van der Waals surface area contributed by atoms with Crippen LogP contribution in [0.25, 0.3) is 0 Å². The van der Waals surface area contributed by atoms with E-state index in [1.807, 2.05) is 20.8 Å². The van der Waals surface area contributed by atoms with Gasteiger partial charge < -0.3 is 31.9 Å². The predicted molar refractivity (Wildman–Crippen MR) is 204 cm³/mol. The van der Waals surface area contributed by atoms with Gasteiger partial charge >= 0.3 is 6.03 Å². The molecule has 296 valence electrons. The second-order valence-corrected chi connectivity index (χ2v) is 19.9. The average molecular weight is 730 g/mol. The van der Waals surface area contributed by atoms with Crippen molar-refractivity contribution in [2.75, 3.05) is 26.2 Å². The molecular weight excluding hydrogens is 658 g/mol. The predicted octanol–water partition coefficient (Wildman–Crippen LogP) is 3.96. The minimum Gasteiger partial charge on any atom is -0.363 e. The topological polar surface area (TPSA) is 166 Å². The summed E-state index contributed by atoms with van der Waals surface area (Å²) < 4.78 is 0. The van der Waals surface area contributed by atoms with Gasteiger partial charge in [-0.25, -0.2) is 4.79 Å². The number of hydrogen-bond donors (Lipinski definition) is 5. The average Bonchev–Trinajstić information content (AvgIpc) is 3.32. The van der Waals surface area contributed by atoms with E-state index in [9.17, 15) is 24.0 Å². The number of likely N-dealkylation sites (tertiary alicyclic amines) is 1. The van der Waals surface area contributed by atoms with Gasteiger partial charge in [0.05, 0.1) is 6.04 Å². The minimum atomic E-state index is -1.07. The van der Waals surface area contributed by atoms with Gasteiger partial charge in [0.1, 0.15) is 12.1 Å². The molecule has 4 rings (SSSR count). The maximum atomic E-state index is 14.9. The summed E-state index contributed by atoms with van der Waals surface area (Å²) in [6, 6.07) is -2.77. The molecule has 2 saturated carbocycles. The molecule has 5 amide bonds. The molecule has 2 saturated heterocycles. The fourth-order valence-electron chi connectivity index (χ4n) is 8.90. The summed E-state index contributed by atoms with van der Waals surface area (Å²) in [6.45, 7) is 25.9. The van der Waals surface area contributed by atoms with Gasteiger partial charge in [0.25, 0.3) is 5.91 Å². The molecule has 0 aromatic heterocycles. The van der Waals surface area contributed by atoms with Crippen LogP contribution in [0.15, 0.2) is 0 Å². The number of primary amides is 1. The van der Waals surface area contributed by atoms with Crippen molar-refractivity contribution in [3.63, 3.8) is 0 Å². The van der Waals surface area contributed by atoms with Crippen LogP contribution in [0, 0.1) is 33.5 Å². The maximum absolute atomic E-state index is 14.9. The van der Waals surface area contributed by atoms with Gasteiger partial charge in [0.2, 0.25) is 17.6 Å². The Morgan fingerprint density at radius 1 is 0.846 bits per heavy atom. The Labute approximate surface area is 313 Å². The van der Waals surface area contributed by atoms with Gasteiger partial charge in [0, 0.05) is 44.3 Å². The van der Waals surface area contributed by atoms with Crippen LogP contribution in [-0.4, -0.2) is 102 Å². The summed E-state index contributed by atoms with van der Waals surface area (Å²) in [6.07, 6.45) is 7.07. The molecular formula is C40H71N7O5. The van der Waals surface area contributed by atoms with E-state index in [1.54, 1.807) is 4.90 Å². The number of carbonyl (C=O) groups is 5. The van der Waals surface area contributed by atoms with Crippen molar-refractivity contribution in [3.8, 4) is 0 Å². The second-order valence-electron chi connectivity index (χ2n) is 19.9. The first-order valence-electron chi connectivity index (χ1n) is 19.9. The Morgan fingerprint density at radius 2 is 1.42 bits per heavy atom. The zero-order chi connectivity index (χ0) is 39.0. The number of piperazine rings is 1. The first-order chi connectivity index (χ1) is 23.9. The molecule has 4 aliphatic rings. The van der Waals surface area contributed by atoms with Gasteiger partial charge in [-0.15, -0.1) is 0 Å². The normalized spacial score (nSPS) is 28.2. The molecule has 0 radical (unpaired) electrons. The van der Waals surface area contributed by atoms with Crippen molar-refractivity contribution in [2.24, 2.45) is 39.2 Å². The van der Waals surface area contributed by atoms with Crippen molar-refractivity contribution in [3.05, 3.63) is 0 Å². The van der Waals surface area contributed by atoms with Crippen LogP contribution in [0.4, 0.5) is 4.79 Å². The molecule has 4 fully saturated rings. The minimum absolute atomic E-state index is 0.173.